The van der Waals surface area contributed by atoms with Gasteiger partial charge in [0.05, 0.1) is 0 Å². The predicted octanol–water partition coefficient (Wildman–Crippen LogP) is 3.88. The molecule has 0 aliphatic heterocycles. The van der Waals surface area contributed by atoms with Crippen LogP contribution in [-0.4, -0.2) is 0 Å². The van der Waals surface area contributed by atoms with Gasteiger partial charge in [-0.25, -0.2) is 4.39 Å². The third-order valence-electron chi connectivity index (χ3n) is 2.65. The maximum absolute atomic E-state index is 13.3. The van der Waals surface area contributed by atoms with E-state index >= 15 is 0 Å². The third kappa shape index (κ3) is 2.01. The van der Waals surface area contributed by atoms with Crippen molar-refractivity contribution in [1.29, 1.82) is 0 Å². The van der Waals surface area contributed by atoms with E-state index in [2.05, 4.69) is 0 Å². The van der Waals surface area contributed by atoms with Crippen LogP contribution in [0.1, 0.15) is 23.4 Å². The molecule has 0 aliphatic rings. The largest absolute Gasteiger partial charge is 0.324 e. The van der Waals surface area contributed by atoms with Crippen LogP contribution < -0.4 is 5.73 Å². The lowest BCUT2D eigenvalue weighted by atomic mass is 9.96. The fraction of sp³-hybridized carbons (Fsp3) is 0.231. The van der Waals surface area contributed by atoms with Crippen molar-refractivity contribution >= 4 is 11.3 Å². The van der Waals surface area contributed by atoms with Gasteiger partial charge in [-0.1, -0.05) is 6.07 Å². The number of thiophene rings is 1. The molecule has 2 aromatic rings. The van der Waals surface area contributed by atoms with E-state index in [9.17, 15) is 4.39 Å². The summed E-state index contributed by atoms with van der Waals surface area (Å²) >= 11 is 1.66. The van der Waals surface area contributed by atoms with E-state index < -0.39 is 0 Å². The Morgan fingerprint density at radius 3 is 2.56 bits per heavy atom. The molecule has 1 aromatic heterocycles. The highest BCUT2D eigenvalue weighted by atomic mass is 32.1. The number of nitrogens with two attached hydrogens (primary N) is 1. The molecule has 0 amide bonds. The second-order valence-electron chi connectivity index (χ2n) is 3.91. The third-order valence-corrected chi connectivity index (χ3v) is 3.50. The molecule has 0 bridgehead atoms. The SMILES string of the molecule is Cc1sccc1-c1cc(F)ccc1C(C)N. The van der Waals surface area contributed by atoms with Crippen molar-refractivity contribution in [3.8, 4) is 11.1 Å². The number of aryl methyl sites for hydroxylation is 1. The van der Waals surface area contributed by atoms with Crippen molar-refractivity contribution < 1.29 is 4.39 Å². The Bertz CT molecular complexity index is 502. The van der Waals surface area contributed by atoms with E-state index in [-0.39, 0.29) is 11.9 Å². The summed E-state index contributed by atoms with van der Waals surface area (Å²) < 4.78 is 13.3. The molecule has 1 nitrogen and oxygen atoms in total. The number of rotatable bonds is 2. The molecular weight excluding hydrogens is 221 g/mol. The van der Waals surface area contributed by atoms with E-state index in [0.29, 0.717) is 0 Å². The topological polar surface area (TPSA) is 26.0 Å². The highest BCUT2D eigenvalue weighted by Crippen LogP contribution is 2.32. The molecule has 0 radical (unpaired) electrons. The molecule has 3 heteroatoms. The van der Waals surface area contributed by atoms with Gasteiger partial charge in [-0.3, -0.25) is 0 Å². The van der Waals surface area contributed by atoms with E-state index in [0.717, 1.165) is 16.7 Å². The van der Waals surface area contributed by atoms with Crippen molar-refractivity contribution in [3.63, 3.8) is 0 Å². The van der Waals surface area contributed by atoms with E-state index in [1.165, 1.54) is 10.9 Å². The van der Waals surface area contributed by atoms with Gasteiger partial charge in [-0.05, 0) is 54.1 Å². The van der Waals surface area contributed by atoms with Gasteiger partial charge in [0.25, 0.3) is 0 Å². The number of benzene rings is 1. The molecule has 0 saturated carbocycles. The van der Waals surface area contributed by atoms with Crippen LogP contribution in [-0.2, 0) is 0 Å². The van der Waals surface area contributed by atoms with Gasteiger partial charge >= 0.3 is 0 Å². The summed E-state index contributed by atoms with van der Waals surface area (Å²) in [5.74, 6) is -0.218. The van der Waals surface area contributed by atoms with Crippen molar-refractivity contribution in [2.24, 2.45) is 5.73 Å². The molecule has 0 saturated heterocycles. The minimum absolute atomic E-state index is 0.0881. The quantitative estimate of drug-likeness (QED) is 0.839. The van der Waals surface area contributed by atoms with Crippen LogP contribution in [0.25, 0.3) is 11.1 Å². The maximum Gasteiger partial charge on any atom is 0.123 e. The molecule has 2 N–H and O–H groups in total. The fourth-order valence-electron chi connectivity index (χ4n) is 1.82. The predicted molar refractivity (Wildman–Crippen MR) is 67.1 cm³/mol. The highest BCUT2D eigenvalue weighted by molar-refractivity contribution is 7.10. The van der Waals surface area contributed by atoms with Gasteiger partial charge < -0.3 is 5.73 Å². The molecular formula is C13H14FNS. The first kappa shape index (κ1) is 11.3. The first-order chi connectivity index (χ1) is 7.59. The number of hydrogen-bond donors (Lipinski definition) is 1. The van der Waals surface area contributed by atoms with E-state index in [1.54, 1.807) is 23.5 Å². The Hall–Kier alpha value is -1.19. The molecule has 0 aliphatic carbocycles. The van der Waals surface area contributed by atoms with Gasteiger partial charge in [0.1, 0.15) is 5.82 Å². The van der Waals surface area contributed by atoms with Crippen LogP contribution in [0.2, 0.25) is 0 Å². The summed E-state index contributed by atoms with van der Waals surface area (Å²) in [4.78, 5) is 1.19. The summed E-state index contributed by atoms with van der Waals surface area (Å²) in [5, 5.41) is 2.01. The van der Waals surface area contributed by atoms with Gasteiger partial charge in [-0.15, -0.1) is 11.3 Å². The summed E-state index contributed by atoms with van der Waals surface area (Å²) in [5.41, 5.74) is 8.88. The van der Waals surface area contributed by atoms with Crippen molar-refractivity contribution in [1.82, 2.24) is 0 Å². The van der Waals surface area contributed by atoms with Crippen molar-refractivity contribution in [2.75, 3.05) is 0 Å². The molecule has 0 fully saturated rings. The van der Waals surface area contributed by atoms with Crippen LogP contribution in [0.15, 0.2) is 29.6 Å². The van der Waals surface area contributed by atoms with Crippen LogP contribution in [0.5, 0.6) is 0 Å². The lowest BCUT2D eigenvalue weighted by Gasteiger charge is -2.12. The zero-order chi connectivity index (χ0) is 11.7. The van der Waals surface area contributed by atoms with E-state index in [1.807, 2.05) is 25.3 Å². The number of halogens is 1. The van der Waals surface area contributed by atoms with Crippen LogP contribution >= 0.6 is 11.3 Å². The summed E-state index contributed by atoms with van der Waals surface area (Å²) in [6.45, 7) is 3.95. The fourth-order valence-corrected chi connectivity index (χ4v) is 2.54. The van der Waals surface area contributed by atoms with Gasteiger partial charge in [-0.2, -0.15) is 0 Å². The van der Waals surface area contributed by atoms with Crippen LogP contribution in [0.3, 0.4) is 0 Å². The molecule has 0 spiro atoms. The molecule has 84 valence electrons. The Kier molecular flexibility index (Phi) is 3.08. The molecule has 16 heavy (non-hydrogen) atoms. The average molecular weight is 235 g/mol. The monoisotopic (exact) mass is 235 g/mol. The van der Waals surface area contributed by atoms with Gasteiger partial charge in [0.15, 0.2) is 0 Å². The molecule has 1 aromatic carbocycles. The Labute approximate surface area is 98.7 Å². The molecule has 2 rings (SSSR count). The lowest BCUT2D eigenvalue weighted by Crippen LogP contribution is -2.06. The number of hydrogen-bond acceptors (Lipinski definition) is 2. The normalized spacial score (nSPS) is 12.8. The van der Waals surface area contributed by atoms with Crippen LogP contribution in [0, 0.1) is 12.7 Å². The van der Waals surface area contributed by atoms with E-state index in [4.69, 9.17) is 5.73 Å². The molecule has 1 atom stereocenters. The Balaban J connectivity index is 2.63. The molecule has 1 heterocycles. The zero-order valence-corrected chi connectivity index (χ0v) is 10.1. The first-order valence-electron chi connectivity index (χ1n) is 5.19. The maximum atomic E-state index is 13.3. The van der Waals surface area contributed by atoms with Crippen LogP contribution in [0.4, 0.5) is 4.39 Å². The second kappa shape index (κ2) is 4.36. The van der Waals surface area contributed by atoms with Crippen molar-refractivity contribution in [2.45, 2.75) is 19.9 Å². The average Bonchev–Trinajstić information content (AvgIpc) is 2.63. The zero-order valence-electron chi connectivity index (χ0n) is 9.33. The minimum Gasteiger partial charge on any atom is -0.324 e. The Morgan fingerprint density at radius 1 is 1.25 bits per heavy atom. The Morgan fingerprint density at radius 2 is 2.00 bits per heavy atom. The van der Waals surface area contributed by atoms with Gasteiger partial charge in [0.2, 0.25) is 0 Å². The summed E-state index contributed by atoms with van der Waals surface area (Å²) in [6.07, 6.45) is 0. The lowest BCUT2D eigenvalue weighted by molar-refractivity contribution is 0.626. The summed E-state index contributed by atoms with van der Waals surface area (Å²) in [6, 6.07) is 6.72. The van der Waals surface area contributed by atoms with Crippen molar-refractivity contribution in [3.05, 3.63) is 45.9 Å². The smallest absolute Gasteiger partial charge is 0.123 e. The van der Waals surface area contributed by atoms with Gasteiger partial charge in [0, 0.05) is 10.9 Å². The minimum atomic E-state index is -0.218. The summed E-state index contributed by atoms with van der Waals surface area (Å²) in [7, 11) is 0. The standard InChI is InChI=1S/C13H14FNS/c1-8(15)11-4-3-10(14)7-13(11)12-5-6-16-9(12)2/h3-8H,15H2,1-2H3. The highest BCUT2D eigenvalue weighted by Gasteiger charge is 2.12. The molecule has 1 unspecified atom stereocenters. The first-order valence-corrected chi connectivity index (χ1v) is 6.07. The second-order valence-corrected chi connectivity index (χ2v) is 5.03.